The summed E-state index contributed by atoms with van der Waals surface area (Å²) in [7, 11) is 1.91. The molecule has 0 bridgehead atoms. The van der Waals surface area contributed by atoms with Crippen LogP contribution in [0.4, 0.5) is 4.79 Å². The minimum Gasteiger partial charge on any atom is -0.466 e. The quantitative estimate of drug-likeness (QED) is 0.910. The molecule has 1 saturated carbocycles. The fourth-order valence-corrected chi connectivity index (χ4v) is 3.08. The molecule has 4 nitrogen and oxygen atoms in total. The van der Waals surface area contributed by atoms with Gasteiger partial charge in [-0.05, 0) is 39.7 Å². The highest BCUT2D eigenvalue weighted by molar-refractivity contribution is 5.74. The van der Waals surface area contributed by atoms with Crippen molar-refractivity contribution < 1.29 is 9.21 Å². The van der Waals surface area contributed by atoms with E-state index in [2.05, 4.69) is 5.32 Å². The number of amides is 2. The summed E-state index contributed by atoms with van der Waals surface area (Å²) < 4.78 is 5.53. The van der Waals surface area contributed by atoms with E-state index in [-0.39, 0.29) is 12.1 Å². The van der Waals surface area contributed by atoms with Gasteiger partial charge in [-0.1, -0.05) is 19.3 Å². The standard InChI is InChI=1S/C16H26N2O2/c1-11-10-15(13(3)20-11)12(2)17-16(19)18(4)14-8-6-5-7-9-14/h10,12,14H,5-9H2,1-4H3,(H,17,19). The summed E-state index contributed by atoms with van der Waals surface area (Å²) in [6.45, 7) is 5.87. The molecule has 0 aromatic carbocycles. The molecule has 1 aliphatic rings. The zero-order chi connectivity index (χ0) is 14.7. The van der Waals surface area contributed by atoms with E-state index in [4.69, 9.17) is 4.42 Å². The second kappa shape index (κ2) is 6.33. The van der Waals surface area contributed by atoms with Gasteiger partial charge in [-0.3, -0.25) is 0 Å². The first kappa shape index (κ1) is 14.9. The minimum absolute atomic E-state index is 0.0163. The molecule has 0 saturated heterocycles. The van der Waals surface area contributed by atoms with Crippen molar-refractivity contribution in [1.82, 2.24) is 10.2 Å². The van der Waals surface area contributed by atoms with Crippen molar-refractivity contribution >= 4 is 6.03 Å². The van der Waals surface area contributed by atoms with Crippen LogP contribution in [-0.4, -0.2) is 24.0 Å². The molecule has 20 heavy (non-hydrogen) atoms. The van der Waals surface area contributed by atoms with Crippen molar-refractivity contribution in [2.24, 2.45) is 0 Å². The van der Waals surface area contributed by atoms with Gasteiger partial charge < -0.3 is 14.6 Å². The van der Waals surface area contributed by atoms with E-state index in [1.165, 1.54) is 19.3 Å². The third-order valence-corrected chi connectivity index (χ3v) is 4.33. The molecule has 0 radical (unpaired) electrons. The predicted octanol–water partition coefficient (Wildman–Crippen LogP) is 3.93. The van der Waals surface area contributed by atoms with E-state index in [0.717, 1.165) is 29.9 Å². The minimum atomic E-state index is -0.0222. The first-order valence-electron chi connectivity index (χ1n) is 7.59. The Morgan fingerprint density at radius 3 is 2.55 bits per heavy atom. The maximum absolute atomic E-state index is 12.3. The molecule has 1 N–H and O–H groups in total. The molecular weight excluding hydrogens is 252 g/mol. The van der Waals surface area contributed by atoms with Gasteiger partial charge in [-0.25, -0.2) is 4.79 Å². The topological polar surface area (TPSA) is 45.5 Å². The number of urea groups is 1. The molecule has 0 spiro atoms. The second-order valence-electron chi connectivity index (χ2n) is 5.94. The van der Waals surface area contributed by atoms with Crippen LogP contribution in [-0.2, 0) is 0 Å². The number of carbonyl (C=O) groups is 1. The Kier molecular flexibility index (Phi) is 4.73. The van der Waals surface area contributed by atoms with Crippen LogP contribution < -0.4 is 5.32 Å². The summed E-state index contributed by atoms with van der Waals surface area (Å²) in [5.74, 6) is 1.77. The van der Waals surface area contributed by atoms with Gasteiger partial charge in [0.1, 0.15) is 11.5 Å². The Hall–Kier alpha value is -1.45. The molecule has 112 valence electrons. The van der Waals surface area contributed by atoms with Gasteiger partial charge >= 0.3 is 6.03 Å². The summed E-state index contributed by atoms with van der Waals surface area (Å²) in [4.78, 5) is 14.2. The Bertz CT molecular complexity index is 461. The highest BCUT2D eigenvalue weighted by Gasteiger charge is 2.24. The number of rotatable bonds is 3. The van der Waals surface area contributed by atoms with Crippen LogP contribution in [0.3, 0.4) is 0 Å². The average molecular weight is 278 g/mol. The first-order chi connectivity index (χ1) is 9.49. The molecule has 2 rings (SSSR count). The lowest BCUT2D eigenvalue weighted by molar-refractivity contribution is 0.171. The molecular formula is C16H26N2O2. The van der Waals surface area contributed by atoms with E-state index in [9.17, 15) is 4.79 Å². The zero-order valence-electron chi connectivity index (χ0n) is 13.0. The Labute approximate surface area is 121 Å². The number of furan rings is 1. The van der Waals surface area contributed by atoms with E-state index in [1.54, 1.807) is 0 Å². The van der Waals surface area contributed by atoms with Crippen LogP contribution in [0.2, 0.25) is 0 Å². The summed E-state index contributed by atoms with van der Waals surface area (Å²) in [6, 6.07) is 2.39. The molecule has 0 aliphatic heterocycles. The van der Waals surface area contributed by atoms with Gasteiger partial charge in [0.2, 0.25) is 0 Å². The van der Waals surface area contributed by atoms with Gasteiger partial charge in [-0.15, -0.1) is 0 Å². The maximum Gasteiger partial charge on any atom is 0.317 e. The fourth-order valence-electron chi connectivity index (χ4n) is 3.08. The maximum atomic E-state index is 12.3. The number of carbonyl (C=O) groups excluding carboxylic acids is 1. The van der Waals surface area contributed by atoms with Crippen molar-refractivity contribution in [2.75, 3.05) is 7.05 Å². The monoisotopic (exact) mass is 278 g/mol. The van der Waals surface area contributed by atoms with Gasteiger partial charge in [0, 0.05) is 18.7 Å². The molecule has 1 fully saturated rings. The highest BCUT2D eigenvalue weighted by Crippen LogP contribution is 2.24. The van der Waals surface area contributed by atoms with Crippen LogP contribution in [0, 0.1) is 13.8 Å². The highest BCUT2D eigenvalue weighted by atomic mass is 16.3. The number of nitrogens with zero attached hydrogens (tertiary/aromatic N) is 1. The molecule has 2 amide bonds. The summed E-state index contributed by atoms with van der Waals surface area (Å²) in [6.07, 6.45) is 6.02. The summed E-state index contributed by atoms with van der Waals surface area (Å²) in [5, 5.41) is 3.07. The lowest BCUT2D eigenvalue weighted by Crippen LogP contribution is -2.45. The SMILES string of the molecule is Cc1cc(C(C)NC(=O)N(C)C2CCCCC2)c(C)o1. The summed E-state index contributed by atoms with van der Waals surface area (Å²) >= 11 is 0. The van der Waals surface area contributed by atoms with Crippen molar-refractivity contribution in [3.8, 4) is 0 Å². The van der Waals surface area contributed by atoms with Gasteiger partial charge in [0.25, 0.3) is 0 Å². The summed E-state index contributed by atoms with van der Waals surface area (Å²) in [5.41, 5.74) is 1.06. The third kappa shape index (κ3) is 3.35. The smallest absolute Gasteiger partial charge is 0.317 e. The second-order valence-corrected chi connectivity index (χ2v) is 5.94. The number of nitrogens with one attached hydrogen (secondary N) is 1. The Morgan fingerprint density at radius 2 is 2.00 bits per heavy atom. The fraction of sp³-hybridized carbons (Fsp3) is 0.688. The number of hydrogen-bond acceptors (Lipinski definition) is 2. The number of hydrogen-bond donors (Lipinski definition) is 1. The molecule has 1 heterocycles. The van der Waals surface area contributed by atoms with E-state index < -0.39 is 0 Å². The van der Waals surface area contributed by atoms with Crippen molar-refractivity contribution in [1.29, 1.82) is 0 Å². The van der Waals surface area contributed by atoms with E-state index in [0.29, 0.717) is 6.04 Å². The molecule has 4 heteroatoms. The molecule has 1 aromatic rings. The molecule has 1 aliphatic carbocycles. The van der Waals surface area contributed by atoms with Crippen LogP contribution in [0.15, 0.2) is 10.5 Å². The lowest BCUT2D eigenvalue weighted by Gasteiger charge is -2.32. The normalized spacial score (nSPS) is 17.8. The van der Waals surface area contributed by atoms with Crippen LogP contribution in [0.25, 0.3) is 0 Å². The lowest BCUT2D eigenvalue weighted by atomic mass is 9.95. The number of aryl methyl sites for hydroxylation is 2. The largest absolute Gasteiger partial charge is 0.466 e. The van der Waals surface area contributed by atoms with Gasteiger partial charge in [-0.2, -0.15) is 0 Å². The molecule has 1 atom stereocenters. The Balaban J connectivity index is 1.94. The van der Waals surface area contributed by atoms with E-state index >= 15 is 0 Å². The first-order valence-corrected chi connectivity index (χ1v) is 7.59. The molecule has 1 aromatic heterocycles. The van der Waals surface area contributed by atoms with Crippen LogP contribution in [0.5, 0.6) is 0 Å². The zero-order valence-corrected chi connectivity index (χ0v) is 13.0. The third-order valence-electron chi connectivity index (χ3n) is 4.33. The van der Waals surface area contributed by atoms with Crippen LogP contribution in [0.1, 0.15) is 62.2 Å². The van der Waals surface area contributed by atoms with E-state index in [1.807, 2.05) is 38.8 Å². The Morgan fingerprint density at radius 1 is 1.35 bits per heavy atom. The molecule has 1 unspecified atom stereocenters. The van der Waals surface area contributed by atoms with Gasteiger partial charge in [0.15, 0.2) is 0 Å². The van der Waals surface area contributed by atoms with Gasteiger partial charge in [0.05, 0.1) is 6.04 Å². The van der Waals surface area contributed by atoms with Crippen LogP contribution >= 0.6 is 0 Å². The average Bonchev–Trinajstić information content (AvgIpc) is 2.78. The van der Waals surface area contributed by atoms with Crippen molar-refractivity contribution in [3.63, 3.8) is 0 Å². The predicted molar refractivity (Wildman–Crippen MR) is 79.8 cm³/mol. The van der Waals surface area contributed by atoms with Crippen molar-refractivity contribution in [2.45, 2.75) is 65.0 Å². The van der Waals surface area contributed by atoms with Crippen molar-refractivity contribution in [3.05, 3.63) is 23.2 Å².